The summed E-state index contributed by atoms with van der Waals surface area (Å²) in [7, 11) is -3.13. The highest BCUT2D eigenvalue weighted by molar-refractivity contribution is 7.92. The van der Waals surface area contributed by atoms with E-state index in [0.29, 0.717) is 12.1 Å². The van der Waals surface area contributed by atoms with Gasteiger partial charge in [0.15, 0.2) is 9.84 Å². The molecule has 20 heavy (non-hydrogen) atoms. The summed E-state index contributed by atoms with van der Waals surface area (Å²) in [5.74, 6) is 0.111. The van der Waals surface area contributed by atoms with Crippen molar-refractivity contribution in [2.75, 3.05) is 5.75 Å². The van der Waals surface area contributed by atoms with Crippen LogP contribution in [0.25, 0.3) is 10.9 Å². The first-order chi connectivity index (χ1) is 9.24. The van der Waals surface area contributed by atoms with Crippen molar-refractivity contribution in [3.63, 3.8) is 0 Å². The van der Waals surface area contributed by atoms with Crippen molar-refractivity contribution in [3.8, 4) is 6.07 Å². The van der Waals surface area contributed by atoms with Gasteiger partial charge in [-0.2, -0.15) is 5.26 Å². The summed E-state index contributed by atoms with van der Waals surface area (Å²) in [6.07, 6.45) is 1.87. The molecule has 0 unspecified atom stereocenters. The Morgan fingerprint density at radius 1 is 1.25 bits per heavy atom. The number of sulfone groups is 1. The molecule has 106 valence electrons. The third-order valence-electron chi connectivity index (χ3n) is 3.43. The molecule has 0 aliphatic carbocycles. The van der Waals surface area contributed by atoms with E-state index in [1.165, 1.54) is 0 Å². The standard InChI is InChI=1S/C15H18N2O2S/c1-15(2,3)20(18,19)9-8-17-7-6-13-10-12(11-16)4-5-14(13)17/h4-7,10H,8-9H2,1-3H3. The monoisotopic (exact) mass is 290 g/mol. The third kappa shape index (κ3) is 2.70. The average molecular weight is 290 g/mol. The molecule has 5 heteroatoms. The summed E-state index contributed by atoms with van der Waals surface area (Å²) >= 11 is 0. The fourth-order valence-corrected chi connectivity index (χ4v) is 3.04. The van der Waals surface area contributed by atoms with E-state index in [2.05, 4.69) is 6.07 Å². The molecule has 0 saturated heterocycles. The molecule has 1 aromatic heterocycles. The Morgan fingerprint density at radius 3 is 2.55 bits per heavy atom. The first-order valence-electron chi connectivity index (χ1n) is 6.46. The zero-order valence-corrected chi connectivity index (χ0v) is 12.7. The van der Waals surface area contributed by atoms with Gasteiger partial charge in [0.05, 0.1) is 22.1 Å². The molecule has 1 aromatic carbocycles. The Bertz CT molecular complexity index is 774. The number of fused-ring (bicyclic) bond motifs is 1. The fraction of sp³-hybridized carbons (Fsp3) is 0.400. The van der Waals surface area contributed by atoms with Crippen molar-refractivity contribution >= 4 is 20.7 Å². The maximum absolute atomic E-state index is 12.1. The zero-order chi connectivity index (χ0) is 15.0. The van der Waals surface area contributed by atoms with Crippen LogP contribution in [0, 0.1) is 11.3 Å². The topological polar surface area (TPSA) is 62.9 Å². The van der Waals surface area contributed by atoms with Crippen LogP contribution in [0.5, 0.6) is 0 Å². The van der Waals surface area contributed by atoms with Crippen molar-refractivity contribution < 1.29 is 8.42 Å². The van der Waals surface area contributed by atoms with Gasteiger partial charge in [-0.05, 0) is 45.0 Å². The van der Waals surface area contributed by atoms with Gasteiger partial charge < -0.3 is 4.57 Å². The highest BCUT2D eigenvalue weighted by atomic mass is 32.2. The Kier molecular flexibility index (Phi) is 3.61. The summed E-state index contributed by atoms with van der Waals surface area (Å²) in [4.78, 5) is 0. The molecule has 0 spiro atoms. The second-order valence-electron chi connectivity index (χ2n) is 5.83. The number of rotatable bonds is 3. The molecule has 0 saturated carbocycles. The fourth-order valence-electron chi connectivity index (χ4n) is 1.99. The molecule has 0 N–H and O–H groups in total. The minimum Gasteiger partial charge on any atom is -0.346 e. The van der Waals surface area contributed by atoms with Crippen molar-refractivity contribution in [2.24, 2.45) is 0 Å². The SMILES string of the molecule is CC(C)(C)S(=O)(=O)CCn1ccc2cc(C#N)ccc21. The Hall–Kier alpha value is -1.80. The van der Waals surface area contributed by atoms with E-state index in [0.717, 1.165) is 10.9 Å². The minimum absolute atomic E-state index is 0.111. The van der Waals surface area contributed by atoms with Gasteiger partial charge in [-0.3, -0.25) is 0 Å². The predicted octanol–water partition coefficient (Wildman–Crippen LogP) is 2.73. The maximum Gasteiger partial charge on any atom is 0.156 e. The number of hydrogen-bond donors (Lipinski definition) is 0. The number of benzene rings is 1. The van der Waals surface area contributed by atoms with Crippen LogP contribution < -0.4 is 0 Å². The number of nitrogens with zero attached hydrogens (tertiary/aromatic N) is 2. The molecule has 0 bridgehead atoms. The molecule has 0 radical (unpaired) electrons. The van der Waals surface area contributed by atoms with Gasteiger partial charge in [-0.1, -0.05) is 0 Å². The highest BCUT2D eigenvalue weighted by Gasteiger charge is 2.28. The van der Waals surface area contributed by atoms with E-state index in [-0.39, 0.29) is 5.75 Å². The minimum atomic E-state index is -3.13. The van der Waals surface area contributed by atoms with Gasteiger partial charge in [0.2, 0.25) is 0 Å². The lowest BCUT2D eigenvalue weighted by molar-refractivity contribution is 0.555. The Balaban J connectivity index is 2.26. The van der Waals surface area contributed by atoms with E-state index in [4.69, 9.17) is 5.26 Å². The zero-order valence-electron chi connectivity index (χ0n) is 11.9. The molecule has 0 aliphatic heterocycles. The van der Waals surface area contributed by atoms with Crippen LogP contribution in [-0.4, -0.2) is 23.5 Å². The van der Waals surface area contributed by atoms with Crippen LogP contribution in [0.2, 0.25) is 0 Å². The molecule has 0 amide bonds. The Labute approximate surface area is 119 Å². The van der Waals surface area contributed by atoms with E-state index in [9.17, 15) is 8.42 Å². The normalized spacial score (nSPS) is 12.5. The molecule has 4 nitrogen and oxygen atoms in total. The predicted molar refractivity (Wildman–Crippen MR) is 80.2 cm³/mol. The van der Waals surface area contributed by atoms with Gasteiger partial charge in [0.1, 0.15) is 0 Å². The molecular weight excluding hydrogens is 272 g/mol. The van der Waals surface area contributed by atoms with Gasteiger partial charge in [-0.15, -0.1) is 0 Å². The second kappa shape index (κ2) is 4.95. The van der Waals surface area contributed by atoms with Gasteiger partial charge in [-0.25, -0.2) is 8.42 Å². The third-order valence-corrected chi connectivity index (χ3v) is 6.02. The smallest absolute Gasteiger partial charge is 0.156 e. The number of aromatic nitrogens is 1. The van der Waals surface area contributed by atoms with Crippen LogP contribution >= 0.6 is 0 Å². The largest absolute Gasteiger partial charge is 0.346 e. The maximum atomic E-state index is 12.1. The lowest BCUT2D eigenvalue weighted by Crippen LogP contribution is -2.31. The van der Waals surface area contributed by atoms with Crippen molar-refractivity contribution in [1.82, 2.24) is 4.57 Å². The van der Waals surface area contributed by atoms with Crippen LogP contribution in [0.15, 0.2) is 30.5 Å². The molecule has 1 heterocycles. The summed E-state index contributed by atoms with van der Waals surface area (Å²) < 4.78 is 25.4. The first-order valence-corrected chi connectivity index (χ1v) is 8.11. The molecule has 2 rings (SSSR count). The number of nitriles is 1. The van der Waals surface area contributed by atoms with E-state index < -0.39 is 14.6 Å². The van der Waals surface area contributed by atoms with Gasteiger partial charge in [0.25, 0.3) is 0 Å². The van der Waals surface area contributed by atoms with Crippen LogP contribution in [0.3, 0.4) is 0 Å². The quantitative estimate of drug-likeness (QED) is 0.873. The average Bonchev–Trinajstić information content (AvgIpc) is 2.77. The summed E-state index contributed by atoms with van der Waals surface area (Å²) in [6, 6.07) is 9.42. The van der Waals surface area contributed by atoms with Crippen molar-refractivity contribution in [3.05, 3.63) is 36.0 Å². The van der Waals surface area contributed by atoms with E-state index in [1.54, 1.807) is 26.8 Å². The van der Waals surface area contributed by atoms with Crippen molar-refractivity contribution in [1.29, 1.82) is 5.26 Å². The lowest BCUT2D eigenvalue weighted by atomic mass is 10.2. The highest BCUT2D eigenvalue weighted by Crippen LogP contribution is 2.20. The molecule has 0 atom stereocenters. The number of hydrogen-bond acceptors (Lipinski definition) is 3. The first kappa shape index (κ1) is 14.6. The molecule has 2 aromatic rings. The molecule has 0 aliphatic rings. The van der Waals surface area contributed by atoms with E-state index >= 15 is 0 Å². The summed E-state index contributed by atoms with van der Waals surface area (Å²) in [6.45, 7) is 5.58. The Morgan fingerprint density at radius 2 is 1.95 bits per heavy atom. The van der Waals surface area contributed by atoms with Crippen molar-refractivity contribution in [2.45, 2.75) is 32.1 Å². The lowest BCUT2D eigenvalue weighted by Gasteiger charge is -2.19. The molecule has 0 fully saturated rings. The van der Waals surface area contributed by atoms with Gasteiger partial charge >= 0.3 is 0 Å². The second-order valence-corrected chi connectivity index (χ2v) is 8.69. The summed E-state index contributed by atoms with van der Waals surface area (Å²) in [5, 5.41) is 9.82. The number of aryl methyl sites for hydroxylation is 1. The van der Waals surface area contributed by atoms with Gasteiger partial charge in [0, 0.05) is 23.6 Å². The van der Waals surface area contributed by atoms with Crippen LogP contribution in [0.4, 0.5) is 0 Å². The van der Waals surface area contributed by atoms with E-state index in [1.807, 2.05) is 29.0 Å². The van der Waals surface area contributed by atoms with Crippen LogP contribution in [0.1, 0.15) is 26.3 Å². The summed E-state index contributed by atoms with van der Waals surface area (Å²) in [5.41, 5.74) is 1.56. The van der Waals surface area contributed by atoms with Crippen LogP contribution in [-0.2, 0) is 16.4 Å². The molecular formula is C15H18N2O2S.